The molecule has 0 unspecified atom stereocenters. The minimum Gasteiger partial charge on any atom is -0.462 e. The molecule has 16 heavy (non-hydrogen) atoms. The van der Waals surface area contributed by atoms with Crippen LogP contribution in [-0.4, -0.2) is 17.6 Å². The molecule has 0 saturated carbocycles. The molecular formula is C11H12N2O2S. The molecule has 0 aliphatic rings. The van der Waals surface area contributed by atoms with Crippen molar-refractivity contribution in [1.29, 1.82) is 0 Å². The Hall–Kier alpha value is -1.62. The summed E-state index contributed by atoms with van der Waals surface area (Å²) in [5, 5.41) is 0.513. The number of carbonyl (C=O) groups excluding carboxylic acids is 1. The van der Waals surface area contributed by atoms with Gasteiger partial charge in [0, 0.05) is 0 Å². The molecule has 0 amide bonds. The van der Waals surface area contributed by atoms with Crippen molar-refractivity contribution in [2.45, 2.75) is 13.8 Å². The number of rotatable bonds is 2. The Bertz CT molecular complexity index is 548. The monoisotopic (exact) mass is 236 g/mol. The fraction of sp³-hybridized carbons (Fsp3) is 0.273. The molecule has 1 heterocycles. The van der Waals surface area contributed by atoms with E-state index in [1.807, 2.05) is 6.92 Å². The molecule has 2 rings (SSSR count). The largest absolute Gasteiger partial charge is 0.462 e. The average molecular weight is 236 g/mol. The van der Waals surface area contributed by atoms with Crippen LogP contribution in [0.15, 0.2) is 12.1 Å². The average Bonchev–Trinajstić information content (AvgIpc) is 2.59. The molecule has 0 spiro atoms. The molecule has 0 atom stereocenters. The number of hydrogen-bond donors (Lipinski definition) is 1. The van der Waals surface area contributed by atoms with Gasteiger partial charge in [-0.2, -0.15) is 0 Å². The van der Waals surface area contributed by atoms with Crippen LogP contribution < -0.4 is 5.73 Å². The molecule has 2 N–H and O–H groups in total. The first-order chi connectivity index (χ1) is 7.61. The number of benzene rings is 1. The maximum absolute atomic E-state index is 11.6. The van der Waals surface area contributed by atoms with E-state index in [0.717, 1.165) is 15.8 Å². The van der Waals surface area contributed by atoms with Crippen molar-refractivity contribution in [3.63, 3.8) is 0 Å². The minimum atomic E-state index is -0.306. The number of fused-ring (bicyclic) bond motifs is 1. The van der Waals surface area contributed by atoms with Gasteiger partial charge in [-0.15, -0.1) is 0 Å². The number of ether oxygens (including phenoxy) is 1. The zero-order chi connectivity index (χ0) is 11.7. The van der Waals surface area contributed by atoms with Crippen molar-refractivity contribution in [2.24, 2.45) is 0 Å². The van der Waals surface area contributed by atoms with Gasteiger partial charge in [0.1, 0.15) is 0 Å². The summed E-state index contributed by atoms with van der Waals surface area (Å²) in [4.78, 5) is 15.8. The second-order valence-corrected chi connectivity index (χ2v) is 4.47. The third kappa shape index (κ3) is 1.86. The van der Waals surface area contributed by atoms with Crippen molar-refractivity contribution in [3.8, 4) is 0 Å². The van der Waals surface area contributed by atoms with Crippen LogP contribution in [0.4, 0.5) is 5.13 Å². The van der Waals surface area contributed by atoms with Gasteiger partial charge in [-0.3, -0.25) is 0 Å². The van der Waals surface area contributed by atoms with E-state index >= 15 is 0 Å². The Balaban J connectivity index is 2.53. The zero-order valence-corrected chi connectivity index (χ0v) is 9.93. The first-order valence-corrected chi connectivity index (χ1v) is 5.77. The molecule has 0 aliphatic carbocycles. The minimum absolute atomic E-state index is 0.306. The second kappa shape index (κ2) is 4.09. The highest BCUT2D eigenvalue weighted by molar-refractivity contribution is 7.22. The summed E-state index contributed by atoms with van der Waals surface area (Å²) in [5.41, 5.74) is 7.98. The SMILES string of the molecule is CCOC(=O)c1cc(C)c2nc(N)sc2c1. The van der Waals surface area contributed by atoms with E-state index in [4.69, 9.17) is 10.5 Å². The molecule has 4 nitrogen and oxygen atoms in total. The van der Waals surface area contributed by atoms with E-state index in [-0.39, 0.29) is 5.97 Å². The number of aromatic nitrogens is 1. The van der Waals surface area contributed by atoms with Crippen LogP contribution >= 0.6 is 11.3 Å². The molecule has 0 aliphatic heterocycles. The number of esters is 1. The number of nitrogen functional groups attached to an aromatic ring is 1. The van der Waals surface area contributed by atoms with Crippen LogP contribution in [0.2, 0.25) is 0 Å². The maximum atomic E-state index is 11.6. The molecule has 1 aromatic carbocycles. The zero-order valence-electron chi connectivity index (χ0n) is 9.11. The summed E-state index contributed by atoms with van der Waals surface area (Å²) in [6.45, 7) is 4.07. The van der Waals surface area contributed by atoms with E-state index in [2.05, 4.69) is 4.98 Å². The third-order valence-electron chi connectivity index (χ3n) is 2.21. The third-order valence-corrected chi connectivity index (χ3v) is 3.04. The number of thiazole rings is 1. The molecular weight excluding hydrogens is 224 g/mol. The van der Waals surface area contributed by atoms with Crippen LogP contribution in [0.3, 0.4) is 0 Å². The number of nitrogens with two attached hydrogens (primary N) is 1. The Morgan fingerprint density at radius 3 is 3.00 bits per heavy atom. The van der Waals surface area contributed by atoms with Gasteiger partial charge in [0.25, 0.3) is 0 Å². The van der Waals surface area contributed by atoms with Gasteiger partial charge in [0.2, 0.25) is 0 Å². The van der Waals surface area contributed by atoms with E-state index in [1.54, 1.807) is 19.1 Å². The van der Waals surface area contributed by atoms with Gasteiger partial charge in [-0.25, -0.2) is 9.78 Å². The van der Waals surface area contributed by atoms with E-state index in [1.165, 1.54) is 11.3 Å². The van der Waals surface area contributed by atoms with Crippen LogP contribution in [0, 0.1) is 6.92 Å². The van der Waals surface area contributed by atoms with Crippen LogP contribution in [0.25, 0.3) is 10.2 Å². The fourth-order valence-electron chi connectivity index (χ4n) is 1.55. The Morgan fingerprint density at radius 2 is 2.31 bits per heavy atom. The van der Waals surface area contributed by atoms with Crippen molar-refractivity contribution in [1.82, 2.24) is 4.98 Å². The lowest BCUT2D eigenvalue weighted by Crippen LogP contribution is -2.04. The Morgan fingerprint density at radius 1 is 1.56 bits per heavy atom. The summed E-state index contributed by atoms with van der Waals surface area (Å²) in [6, 6.07) is 3.55. The lowest BCUT2D eigenvalue weighted by atomic mass is 10.1. The number of anilines is 1. The lowest BCUT2D eigenvalue weighted by molar-refractivity contribution is 0.0526. The van der Waals surface area contributed by atoms with E-state index in [0.29, 0.717) is 17.3 Å². The van der Waals surface area contributed by atoms with Gasteiger partial charge < -0.3 is 10.5 Å². The van der Waals surface area contributed by atoms with Crippen molar-refractivity contribution in [3.05, 3.63) is 23.3 Å². The molecule has 5 heteroatoms. The number of hydrogen-bond acceptors (Lipinski definition) is 5. The summed E-state index contributed by atoms with van der Waals surface area (Å²) in [6.07, 6.45) is 0. The molecule has 0 radical (unpaired) electrons. The van der Waals surface area contributed by atoms with Crippen LogP contribution in [0.1, 0.15) is 22.8 Å². The standard InChI is InChI=1S/C11H12N2O2S/c1-3-15-10(14)7-4-6(2)9-8(5-7)16-11(12)13-9/h4-5H,3H2,1-2H3,(H2,12,13). The highest BCUT2D eigenvalue weighted by atomic mass is 32.1. The van der Waals surface area contributed by atoms with Gasteiger partial charge in [0.15, 0.2) is 5.13 Å². The number of carbonyl (C=O) groups is 1. The van der Waals surface area contributed by atoms with E-state index in [9.17, 15) is 4.79 Å². The molecule has 1 aromatic heterocycles. The van der Waals surface area contributed by atoms with Crippen molar-refractivity contribution < 1.29 is 9.53 Å². The van der Waals surface area contributed by atoms with Gasteiger partial charge in [-0.05, 0) is 31.5 Å². The Kier molecular flexibility index (Phi) is 2.78. The molecule has 0 bridgehead atoms. The Labute approximate surface area is 97.0 Å². The van der Waals surface area contributed by atoms with Crippen molar-refractivity contribution >= 4 is 32.7 Å². The predicted molar refractivity (Wildman–Crippen MR) is 64.7 cm³/mol. The molecule has 2 aromatic rings. The summed E-state index contributed by atoms with van der Waals surface area (Å²) < 4.78 is 5.87. The lowest BCUT2D eigenvalue weighted by Gasteiger charge is -2.03. The molecule has 0 fully saturated rings. The first-order valence-electron chi connectivity index (χ1n) is 4.95. The topological polar surface area (TPSA) is 65.2 Å². The predicted octanol–water partition coefficient (Wildman–Crippen LogP) is 2.36. The highest BCUT2D eigenvalue weighted by Gasteiger charge is 2.11. The number of nitrogens with zero attached hydrogens (tertiary/aromatic N) is 1. The summed E-state index contributed by atoms with van der Waals surface area (Å²) in [5.74, 6) is -0.306. The maximum Gasteiger partial charge on any atom is 0.338 e. The second-order valence-electron chi connectivity index (χ2n) is 3.41. The van der Waals surface area contributed by atoms with E-state index < -0.39 is 0 Å². The van der Waals surface area contributed by atoms with Crippen LogP contribution in [-0.2, 0) is 4.74 Å². The quantitative estimate of drug-likeness (QED) is 0.813. The van der Waals surface area contributed by atoms with Crippen molar-refractivity contribution in [2.75, 3.05) is 12.3 Å². The van der Waals surface area contributed by atoms with Crippen LogP contribution in [0.5, 0.6) is 0 Å². The fourth-order valence-corrected chi connectivity index (χ4v) is 2.40. The highest BCUT2D eigenvalue weighted by Crippen LogP contribution is 2.27. The van der Waals surface area contributed by atoms with Gasteiger partial charge in [0.05, 0.1) is 22.4 Å². The number of aryl methyl sites for hydroxylation is 1. The summed E-state index contributed by atoms with van der Waals surface area (Å²) >= 11 is 1.37. The molecule has 84 valence electrons. The smallest absolute Gasteiger partial charge is 0.338 e. The van der Waals surface area contributed by atoms with Gasteiger partial charge >= 0.3 is 5.97 Å². The molecule has 0 saturated heterocycles. The normalized spacial score (nSPS) is 10.6. The van der Waals surface area contributed by atoms with Gasteiger partial charge in [-0.1, -0.05) is 11.3 Å². The summed E-state index contributed by atoms with van der Waals surface area (Å²) in [7, 11) is 0. The first kappa shape index (κ1) is 10.9.